The van der Waals surface area contributed by atoms with E-state index in [-0.39, 0.29) is 17.7 Å². The molecule has 0 bridgehead atoms. The van der Waals surface area contributed by atoms with Gasteiger partial charge in [-0.25, -0.2) is 14.6 Å². The second kappa shape index (κ2) is 8.44. The van der Waals surface area contributed by atoms with Crippen molar-refractivity contribution in [3.63, 3.8) is 0 Å². The first-order valence-corrected chi connectivity index (χ1v) is 11.2. The van der Waals surface area contributed by atoms with E-state index in [4.69, 9.17) is 9.84 Å². The number of nitrogens with zero attached hydrogens (tertiary/aromatic N) is 2. The van der Waals surface area contributed by atoms with E-state index in [1.165, 1.54) is 39.4 Å². The van der Waals surface area contributed by atoms with Crippen molar-refractivity contribution in [2.24, 2.45) is 4.99 Å². The van der Waals surface area contributed by atoms with Gasteiger partial charge in [-0.05, 0) is 49.1 Å². The Balaban J connectivity index is 1.88. The van der Waals surface area contributed by atoms with Gasteiger partial charge < -0.3 is 9.84 Å². The van der Waals surface area contributed by atoms with E-state index in [0.29, 0.717) is 26.2 Å². The molecule has 0 radical (unpaired) electrons. The maximum atomic E-state index is 13.3. The van der Waals surface area contributed by atoms with Gasteiger partial charge in [-0.1, -0.05) is 29.5 Å². The van der Waals surface area contributed by atoms with Crippen LogP contribution in [0.5, 0.6) is 0 Å². The number of fused-ring (bicyclic) bond motifs is 1. The van der Waals surface area contributed by atoms with Crippen molar-refractivity contribution in [2.45, 2.75) is 19.9 Å². The number of esters is 1. The minimum Gasteiger partial charge on any atom is -0.478 e. The second-order valence-corrected chi connectivity index (χ2v) is 8.73. The van der Waals surface area contributed by atoms with Crippen LogP contribution in [0.15, 0.2) is 62.8 Å². The SMILES string of the molecule is CCOC(=O)C1=C(C)N=c2s/c(=C/c3ccc(C(=O)O)cc3)c(=O)n2[C@@H]1c1cccs1. The topological polar surface area (TPSA) is 98.0 Å². The zero-order valence-electron chi connectivity index (χ0n) is 16.7. The number of rotatable bonds is 5. The first kappa shape index (κ1) is 21.0. The Bertz CT molecular complexity index is 1360. The van der Waals surface area contributed by atoms with E-state index < -0.39 is 18.0 Å². The number of carbonyl (C=O) groups excluding carboxylic acids is 1. The van der Waals surface area contributed by atoms with Crippen molar-refractivity contribution in [2.75, 3.05) is 6.61 Å². The Labute approximate surface area is 184 Å². The number of aromatic nitrogens is 1. The van der Waals surface area contributed by atoms with E-state index in [1.54, 1.807) is 32.1 Å². The van der Waals surface area contributed by atoms with Gasteiger partial charge in [0.2, 0.25) is 0 Å². The Morgan fingerprint density at radius 2 is 2.00 bits per heavy atom. The molecule has 7 nitrogen and oxygen atoms in total. The molecule has 0 saturated carbocycles. The Kier molecular flexibility index (Phi) is 5.71. The monoisotopic (exact) mass is 454 g/mol. The van der Waals surface area contributed by atoms with Crippen LogP contribution in [0.2, 0.25) is 0 Å². The molecule has 1 aromatic carbocycles. The van der Waals surface area contributed by atoms with Gasteiger partial charge in [-0.3, -0.25) is 9.36 Å². The largest absolute Gasteiger partial charge is 0.478 e. The van der Waals surface area contributed by atoms with Crippen molar-refractivity contribution >= 4 is 40.7 Å². The fourth-order valence-corrected chi connectivity index (χ4v) is 5.25. The molecule has 3 aromatic rings. The smallest absolute Gasteiger partial charge is 0.338 e. The molecule has 0 fully saturated rings. The third kappa shape index (κ3) is 3.89. The van der Waals surface area contributed by atoms with Crippen LogP contribution in [0.3, 0.4) is 0 Å². The summed E-state index contributed by atoms with van der Waals surface area (Å²) in [6.45, 7) is 3.71. The number of thiazole rings is 1. The standard InChI is InChI=1S/C22H18N2O5S2/c1-3-29-21(28)17-12(2)23-22-24(18(17)15-5-4-10-30-15)19(25)16(31-22)11-13-6-8-14(9-7-13)20(26)27/h4-11,18H,3H2,1-2H3,(H,26,27)/b16-11+/t18-/m1/s1. The third-order valence-electron chi connectivity index (χ3n) is 4.79. The molecule has 1 N–H and O–H groups in total. The fourth-order valence-electron chi connectivity index (χ4n) is 3.38. The van der Waals surface area contributed by atoms with Crippen LogP contribution in [0.25, 0.3) is 6.08 Å². The first-order valence-electron chi connectivity index (χ1n) is 9.47. The molecule has 0 saturated heterocycles. The highest BCUT2D eigenvalue weighted by molar-refractivity contribution is 7.10. The summed E-state index contributed by atoms with van der Waals surface area (Å²) in [6, 6.07) is 9.42. The van der Waals surface area contributed by atoms with Crippen molar-refractivity contribution in [1.29, 1.82) is 0 Å². The number of aromatic carboxylic acids is 1. The lowest BCUT2D eigenvalue weighted by Gasteiger charge is -2.23. The number of carbonyl (C=O) groups is 2. The molecular weight excluding hydrogens is 436 g/mol. The number of hydrogen-bond acceptors (Lipinski definition) is 7. The molecule has 1 atom stereocenters. The summed E-state index contributed by atoms with van der Waals surface area (Å²) in [4.78, 5) is 43.0. The molecule has 1 aliphatic heterocycles. The second-order valence-electron chi connectivity index (χ2n) is 6.74. The molecular formula is C22H18N2O5S2. The molecule has 1 aliphatic rings. The molecule has 0 unspecified atom stereocenters. The Morgan fingerprint density at radius 3 is 2.61 bits per heavy atom. The van der Waals surface area contributed by atoms with Gasteiger partial charge in [0.1, 0.15) is 6.04 Å². The average Bonchev–Trinajstić information content (AvgIpc) is 3.36. The van der Waals surface area contributed by atoms with Gasteiger partial charge in [-0.15, -0.1) is 11.3 Å². The molecule has 31 heavy (non-hydrogen) atoms. The van der Waals surface area contributed by atoms with Gasteiger partial charge in [0, 0.05) is 4.88 Å². The summed E-state index contributed by atoms with van der Waals surface area (Å²) in [7, 11) is 0. The molecule has 4 rings (SSSR count). The minimum absolute atomic E-state index is 0.172. The van der Waals surface area contributed by atoms with Gasteiger partial charge in [0.05, 0.1) is 28.0 Å². The van der Waals surface area contributed by atoms with E-state index in [1.807, 2.05) is 17.5 Å². The molecule has 0 spiro atoms. The lowest BCUT2D eigenvalue weighted by atomic mass is 10.0. The van der Waals surface area contributed by atoms with Gasteiger partial charge in [-0.2, -0.15) is 0 Å². The summed E-state index contributed by atoms with van der Waals surface area (Å²) in [5, 5.41) is 11.0. The highest BCUT2D eigenvalue weighted by Gasteiger charge is 2.33. The van der Waals surface area contributed by atoms with Crippen LogP contribution in [0.1, 0.15) is 40.7 Å². The normalized spacial score (nSPS) is 16.1. The van der Waals surface area contributed by atoms with Crippen LogP contribution in [-0.2, 0) is 9.53 Å². The molecule has 0 amide bonds. The average molecular weight is 455 g/mol. The highest BCUT2D eigenvalue weighted by Crippen LogP contribution is 2.33. The number of allylic oxidation sites excluding steroid dienone is 1. The van der Waals surface area contributed by atoms with E-state index in [0.717, 1.165) is 4.88 Å². The van der Waals surface area contributed by atoms with Crippen molar-refractivity contribution in [1.82, 2.24) is 4.57 Å². The van der Waals surface area contributed by atoms with Crippen LogP contribution >= 0.6 is 22.7 Å². The molecule has 158 valence electrons. The van der Waals surface area contributed by atoms with E-state index in [9.17, 15) is 14.4 Å². The maximum Gasteiger partial charge on any atom is 0.338 e. The maximum absolute atomic E-state index is 13.3. The fraction of sp³-hybridized carbons (Fsp3) is 0.182. The number of carboxylic acid groups (broad SMARTS) is 1. The number of benzene rings is 1. The summed E-state index contributed by atoms with van der Waals surface area (Å²) in [6.07, 6.45) is 1.70. The quantitative estimate of drug-likeness (QED) is 0.598. The highest BCUT2D eigenvalue weighted by atomic mass is 32.1. The molecule has 0 aliphatic carbocycles. The summed E-state index contributed by atoms with van der Waals surface area (Å²) >= 11 is 2.69. The zero-order chi connectivity index (χ0) is 22.1. The zero-order valence-corrected chi connectivity index (χ0v) is 18.3. The predicted octanol–water partition coefficient (Wildman–Crippen LogP) is 2.56. The lowest BCUT2D eigenvalue weighted by molar-refractivity contribution is -0.139. The van der Waals surface area contributed by atoms with Gasteiger partial charge in [0.15, 0.2) is 4.80 Å². The van der Waals surface area contributed by atoms with Crippen LogP contribution in [0, 0.1) is 0 Å². The van der Waals surface area contributed by atoms with Gasteiger partial charge in [0.25, 0.3) is 5.56 Å². The van der Waals surface area contributed by atoms with Crippen molar-refractivity contribution in [3.8, 4) is 0 Å². The Morgan fingerprint density at radius 1 is 1.26 bits per heavy atom. The lowest BCUT2D eigenvalue weighted by Crippen LogP contribution is -2.39. The summed E-state index contributed by atoms with van der Waals surface area (Å²) < 4.78 is 7.23. The minimum atomic E-state index is -1.01. The Hall–Kier alpha value is -3.30. The van der Waals surface area contributed by atoms with E-state index >= 15 is 0 Å². The van der Waals surface area contributed by atoms with E-state index in [2.05, 4.69) is 4.99 Å². The van der Waals surface area contributed by atoms with Crippen LogP contribution in [0.4, 0.5) is 0 Å². The summed E-state index contributed by atoms with van der Waals surface area (Å²) in [5.74, 6) is -1.50. The number of ether oxygens (including phenoxy) is 1. The van der Waals surface area contributed by atoms with Crippen molar-refractivity contribution < 1.29 is 19.4 Å². The van der Waals surface area contributed by atoms with Crippen LogP contribution in [-0.4, -0.2) is 28.2 Å². The number of thiophene rings is 1. The van der Waals surface area contributed by atoms with Crippen LogP contribution < -0.4 is 14.9 Å². The number of hydrogen-bond donors (Lipinski definition) is 1. The molecule has 2 aromatic heterocycles. The summed E-state index contributed by atoms with van der Waals surface area (Å²) in [5.41, 5.74) is 1.48. The third-order valence-corrected chi connectivity index (χ3v) is 6.69. The number of carboxylic acids is 1. The first-order chi connectivity index (χ1) is 14.9. The molecule has 9 heteroatoms. The van der Waals surface area contributed by atoms with Gasteiger partial charge >= 0.3 is 11.9 Å². The predicted molar refractivity (Wildman–Crippen MR) is 118 cm³/mol. The van der Waals surface area contributed by atoms with Crippen molar-refractivity contribution in [3.05, 3.63) is 88.7 Å². The molecule has 3 heterocycles.